The number of aryl methyl sites for hydroxylation is 1. The molecule has 142 valence electrons. The van der Waals surface area contributed by atoms with Crippen LogP contribution in [-0.2, 0) is 7.05 Å². The number of benzene rings is 2. The van der Waals surface area contributed by atoms with Gasteiger partial charge in [-0.15, -0.1) is 0 Å². The van der Waals surface area contributed by atoms with Gasteiger partial charge in [-0.1, -0.05) is 37.3 Å². The maximum Gasteiger partial charge on any atom is 0.130 e. The summed E-state index contributed by atoms with van der Waals surface area (Å²) in [5, 5.41) is 3.69. The minimum atomic E-state index is -0.0693. The molecule has 1 heterocycles. The van der Waals surface area contributed by atoms with Gasteiger partial charge in [0.25, 0.3) is 0 Å². The van der Waals surface area contributed by atoms with E-state index in [-0.39, 0.29) is 6.04 Å². The standard InChI is InChI=1S/C22H27N3O2/c1-16(17-8-6-5-7-9-17)15-24-21(22-23-10-11-25(22)2)18-12-19(26-3)14-20(13-18)27-4/h5-14,16,21,24H,15H2,1-4H3. The molecule has 0 aliphatic rings. The molecule has 0 amide bonds. The van der Waals surface area contributed by atoms with Crippen molar-refractivity contribution in [2.75, 3.05) is 20.8 Å². The van der Waals surface area contributed by atoms with Crippen LogP contribution in [-0.4, -0.2) is 30.3 Å². The Balaban J connectivity index is 1.90. The first-order chi connectivity index (χ1) is 13.1. The van der Waals surface area contributed by atoms with Crippen LogP contribution in [0.3, 0.4) is 0 Å². The first kappa shape index (κ1) is 19.0. The molecule has 0 fully saturated rings. The van der Waals surface area contributed by atoms with Crippen molar-refractivity contribution in [1.29, 1.82) is 0 Å². The molecule has 0 radical (unpaired) electrons. The van der Waals surface area contributed by atoms with Crippen molar-refractivity contribution in [3.63, 3.8) is 0 Å². The van der Waals surface area contributed by atoms with E-state index < -0.39 is 0 Å². The first-order valence-corrected chi connectivity index (χ1v) is 9.11. The minimum absolute atomic E-state index is 0.0693. The second kappa shape index (κ2) is 8.73. The third kappa shape index (κ3) is 4.49. The van der Waals surface area contributed by atoms with Gasteiger partial charge >= 0.3 is 0 Å². The Labute approximate surface area is 161 Å². The van der Waals surface area contributed by atoms with Crippen molar-refractivity contribution >= 4 is 0 Å². The van der Waals surface area contributed by atoms with Gasteiger partial charge in [-0.3, -0.25) is 0 Å². The second-order valence-corrected chi connectivity index (χ2v) is 6.70. The molecule has 5 heteroatoms. The van der Waals surface area contributed by atoms with Crippen molar-refractivity contribution in [3.8, 4) is 11.5 Å². The first-order valence-electron chi connectivity index (χ1n) is 9.11. The van der Waals surface area contributed by atoms with Crippen molar-refractivity contribution in [2.24, 2.45) is 7.05 Å². The Morgan fingerprint density at radius 1 is 1.00 bits per heavy atom. The monoisotopic (exact) mass is 365 g/mol. The lowest BCUT2D eigenvalue weighted by Crippen LogP contribution is -2.28. The van der Waals surface area contributed by atoms with Crippen LogP contribution in [0.25, 0.3) is 0 Å². The summed E-state index contributed by atoms with van der Waals surface area (Å²) in [6.07, 6.45) is 3.78. The van der Waals surface area contributed by atoms with Crippen LogP contribution in [0.15, 0.2) is 60.9 Å². The fraction of sp³-hybridized carbons (Fsp3) is 0.318. The van der Waals surface area contributed by atoms with E-state index in [2.05, 4.69) is 41.5 Å². The van der Waals surface area contributed by atoms with Gasteiger partial charge in [0.05, 0.1) is 20.3 Å². The van der Waals surface area contributed by atoms with E-state index in [1.54, 1.807) is 14.2 Å². The van der Waals surface area contributed by atoms with E-state index >= 15 is 0 Å². The molecule has 2 unspecified atom stereocenters. The zero-order valence-corrected chi connectivity index (χ0v) is 16.3. The summed E-state index contributed by atoms with van der Waals surface area (Å²) in [4.78, 5) is 4.57. The number of nitrogens with one attached hydrogen (secondary N) is 1. The van der Waals surface area contributed by atoms with Crippen molar-refractivity contribution in [2.45, 2.75) is 18.9 Å². The maximum atomic E-state index is 5.46. The van der Waals surface area contributed by atoms with Crippen LogP contribution in [0, 0.1) is 0 Å². The lowest BCUT2D eigenvalue weighted by molar-refractivity contribution is 0.391. The number of aromatic nitrogens is 2. The predicted octanol–water partition coefficient (Wildman–Crippen LogP) is 3.92. The van der Waals surface area contributed by atoms with Gasteiger partial charge in [-0.05, 0) is 29.2 Å². The Morgan fingerprint density at radius 2 is 1.67 bits per heavy atom. The topological polar surface area (TPSA) is 48.3 Å². The van der Waals surface area contributed by atoms with E-state index in [4.69, 9.17) is 9.47 Å². The number of imidazole rings is 1. The molecule has 3 aromatic rings. The Morgan fingerprint density at radius 3 is 2.22 bits per heavy atom. The molecule has 0 saturated heterocycles. The summed E-state index contributed by atoms with van der Waals surface area (Å²) in [5.41, 5.74) is 2.37. The summed E-state index contributed by atoms with van der Waals surface area (Å²) in [6, 6.07) is 16.4. The largest absolute Gasteiger partial charge is 0.497 e. The van der Waals surface area contributed by atoms with Crippen molar-refractivity contribution in [3.05, 3.63) is 77.9 Å². The number of nitrogens with zero attached hydrogens (tertiary/aromatic N) is 2. The Kier molecular flexibility index (Phi) is 6.14. The minimum Gasteiger partial charge on any atom is -0.497 e. The molecule has 0 spiro atoms. The third-order valence-electron chi connectivity index (χ3n) is 4.82. The molecule has 1 aromatic heterocycles. The summed E-state index contributed by atoms with van der Waals surface area (Å²) >= 11 is 0. The van der Waals surface area contributed by atoms with E-state index in [0.29, 0.717) is 5.92 Å². The normalized spacial score (nSPS) is 13.2. The Bertz CT molecular complexity index is 839. The molecule has 3 rings (SSSR count). The van der Waals surface area contributed by atoms with Gasteiger partial charge in [0.15, 0.2) is 0 Å². The lowest BCUT2D eigenvalue weighted by Gasteiger charge is -2.23. The van der Waals surface area contributed by atoms with Crippen LogP contribution >= 0.6 is 0 Å². The van der Waals surface area contributed by atoms with Gasteiger partial charge in [0.1, 0.15) is 17.3 Å². The molecule has 5 nitrogen and oxygen atoms in total. The van der Waals surface area contributed by atoms with Gasteiger partial charge in [0.2, 0.25) is 0 Å². The van der Waals surface area contributed by atoms with Crippen molar-refractivity contribution in [1.82, 2.24) is 14.9 Å². The molecule has 0 aliphatic heterocycles. The quantitative estimate of drug-likeness (QED) is 0.657. The molecule has 27 heavy (non-hydrogen) atoms. The second-order valence-electron chi connectivity index (χ2n) is 6.70. The fourth-order valence-electron chi connectivity index (χ4n) is 3.20. The lowest BCUT2D eigenvalue weighted by atomic mass is 9.99. The van der Waals surface area contributed by atoms with Crippen LogP contribution in [0.1, 0.15) is 35.8 Å². The molecule has 1 N–H and O–H groups in total. The van der Waals surface area contributed by atoms with Crippen molar-refractivity contribution < 1.29 is 9.47 Å². The fourth-order valence-corrected chi connectivity index (χ4v) is 3.20. The smallest absolute Gasteiger partial charge is 0.130 e. The molecule has 0 aliphatic carbocycles. The number of methoxy groups -OCH3 is 2. The predicted molar refractivity (Wildman–Crippen MR) is 107 cm³/mol. The molecular formula is C22H27N3O2. The molecule has 0 saturated carbocycles. The number of hydrogen-bond donors (Lipinski definition) is 1. The van der Waals surface area contributed by atoms with Gasteiger partial charge in [-0.2, -0.15) is 0 Å². The summed E-state index contributed by atoms with van der Waals surface area (Å²) < 4.78 is 12.9. The zero-order chi connectivity index (χ0) is 19.2. The maximum absolute atomic E-state index is 5.46. The SMILES string of the molecule is COc1cc(OC)cc(C(NCC(C)c2ccccc2)c2nccn2C)c1. The highest BCUT2D eigenvalue weighted by Gasteiger charge is 2.21. The highest BCUT2D eigenvalue weighted by molar-refractivity contribution is 5.41. The number of ether oxygens (including phenoxy) is 2. The van der Waals surface area contributed by atoms with E-state index in [1.165, 1.54) is 5.56 Å². The van der Waals surface area contributed by atoms with E-state index in [9.17, 15) is 0 Å². The summed E-state index contributed by atoms with van der Waals surface area (Å²) in [5.74, 6) is 2.86. The average molecular weight is 365 g/mol. The van der Waals surface area contributed by atoms with Crippen LogP contribution < -0.4 is 14.8 Å². The highest BCUT2D eigenvalue weighted by Crippen LogP contribution is 2.30. The molecule has 2 atom stereocenters. The number of hydrogen-bond acceptors (Lipinski definition) is 4. The van der Waals surface area contributed by atoms with Crippen LogP contribution in [0.5, 0.6) is 11.5 Å². The van der Waals surface area contributed by atoms with Gasteiger partial charge < -0.3 is 19.4 Å². The molecule has 0 bridgehead atoms. The number of rotatable bonds is 8. The van der Waals surface area contributed by atoms with Crippen LogP contribution in [0.4, 0.5) is 0 Å². The molecule has 2 aromatic carbocycles. The van der Waals surface area contributed by atoms with Gasteiger partial charge in [-0.25, -0.2) is 4.98 Å². The summed E-state index contributed by atoms with van der Waals surface area (Å²) in [7, 11) is 5.34. The highest BCUT2D eigenvalue weighted by atomic mass is 16.5. The van der Waals surface area contributed by atoms with E-state index in [1.807, 2.05) is 48.3 Å². The van der Waals surface area contributed by atoms with E-state index in [0.717, 1.165) is 29.4 Å². The summed E-state index contributed by atoms with van der Waals surface area (Å²) in [6.45, 7) is 3.05. The third-order valence-corrected chi connectivity index (χ3v) is 4.82. The van der Waals surface area contributed by atoms with Gasteiger partial charge in [0, 0.05) is 32.1 Å². The molecular weight excluding hydrogens is 338 g/mol. The average Bonchev–Trinajstić information content (AvgIpc) is 3.14. The zero-order valence-electron chi connectivity index (χ0n) is 16.3. The Hall–Kier alpha value is -2.79. The van der Waals surface area contributed by atoms with Crippen LogP contribution in [0.2, 0.25) is 0 Å².